The number of nitrogens with one attached hydrogen (secondary N) is 2. The summed E-state index contributed by atoms with van der Waals surface area (Å²) >= 11 is 0. The number of guanidine groups is 1. The van der Waals surface area contributed by atoms with Gasteiger partial charge in [-0.15, -0.1) is 24.0 Å². The summed E-state index contributed by atoms with van der Waals surface area (Å²) in [5, 5.41) is 16.1. The molecule has 0 bridgehead atoms. The zero-order chi connectivity index (χ0) is 16.8. The number of hydrogen-bond acceptors (Lipinski definition) is 5. The lowest BCUT2D eigenvalue weighted by molar-refractivity contribution is 0.410. The molecule has 1 aromatic heterocycles. The summed E-state index contributed by atoms with van der Waals surface area (Å²) in [5.74, 6) is 2.89. The molecule has 1 aromatic carbocycles. The summed E-state index contributed by atoms with van der Waals surface area (Å²) in [6, 6.07) is 5.08. The monoisotopic (exact) mass is 446 g/mol. The Hall–Kier alpha value is -1.97. The van der Waals surface area contributed by atoms with Gasteiger partial charge in [-0.1, -0.05) is 0 Å². The molecule has 0 aliphatic rings. The predicted molar refractivity (Wildman–Crippen MR) is 103 cm³/mol. The summed E-state index contributed by atoms with van der Waals surface area (Å²) in [6.45, 7) is 4.62. The Kier molecular flexibility index (Phi) is 7.83. The topological polar surface area (TPSA) is 91.9 Å². The molecule has 8 heteroatoms. The van der Waals surface area contributed by atoms with Crippen molar-refractivity contribution in [2.75, 3.05) is 14.2 Å². The first-order chi connectivity index (χ1) is 11.0. The predicted octanol–water partition coefficient (Wildman–Crippen LogP) is 2.49. The lowest BCUT2D eigenvalue weighted by atomic mass is 10.2. The molecule has 0 atom stereocenters. The SMILES string of the molecule is CN=C(NCc1nc(C)c(C)o1)NCc1cc(OC)ccc1O.I. The summed E-state index contributed by atoms with van der Waals surface area (Å²) in [4.78, 5) is 8.43. The van der Waals surface area contributed by atoms with Crippen LogP contribution in [0.3, 0.4) is 0 Å². The number of nitrogens with zero attached hydrogens (tertiary/aromatic N) is 2. The number of aryl methyl sites for hydroxylation is 2. The highest BCUT2D eigenvalue weighted by Gasteiger charge is 2.08. The number of methoxy groups -OCH3 is 1. The molecule has 0 spiro atoms. The number of rotatable bonds is 5. The van der Waals surface area contributed by atoms with E-state index < -0.39 is 0 Å². The van der Waals surface area contributed by atoms with E-state index in [0.717, 1.165) is 17.0 Å². The number of oxazole rings is 1. The molecule has 7 nitrogen and oxygen atoms in total. The van der Waals surface area contributed by atoms with Gasteiger partial charge in [-0.2, -0.15) is 0 Å². The minimum absolute atomic E-state index is 0. The quantitative estimate of drug-likeness (QED) is 0.372. The Balaban J connectivity index is 0.00000288. The number of benzene rings is 1. The zero-order valence-electron chi connectivity index (χ0n) is 14.2. The van der Waals surface area contributed by atoms with E-state index in [1.54, 1.807) is 32.4 Å². The highest BCUT2D eigenvalue weighted by molar-refractivity contribution is 14.0. The van der Waals surface area contributed by atoms with E-state index in [9.17, 15) is 5.11 Å². The van der Waals surface area contributed by atoms with Gasteiger partial charge < -0.3 is 24.9 Å². The largest absolute Gasteiger partial charge is 0.508 e. The molecule has 2 aromatic rings. The Morgan fingerprint density at radius 2 is 2.00 bits per heavy atom. The van der Waals surface area contributed by atoms with Crippen molar-refractivity contribution in [3.63, 3.8) is 0 Å². The maximum atomic E-state index is 9.88. The van der Waals surface area contributed by atoms with Crippen molar-refractivity contribution >= 4 is 29.9 Å². The number of phenols is 1. The Labute approximate surface area is 158 Å². The van der Waals surface area contributed by atoms with Crippen LogP contribution in [0.1, 0.15) is 22.9 Å². The van der Waals surface area contributed by atoms with Gasteiger partial charge in [0, 0.05) is 19.2 Å². The number of aromatic nitrogens is 1. The fourth-order valence-corrected chi connectivity index (χ4v) is 2.00. The van der Waals surface area contributed by atoms with Gasteiger partial charge in [-0.05, 0) is 32.0 Å². The third kappa shape index (κ3) is 5.29. The van der Waals surface area contributed by atoms with Crippen molar-refractivity contribution in [3.8, 4) is 11.5 Å². The summed E-state index contributed by atoms with van der Waals surface area (Å²) in [7, 11) is 3.26. The Bertz CT molecular complexity index is 681. The molecule has 0 amide bonds. The molecule has 0 saturated carbocycles. The van der Waals surface area contributed by atoms with E-state index in [1.807, 2.05) is 13.8 Å². The fourth-order valence-electron chi connectivity index (χ4n) is 2.00. The van der Waals surface area contributed by atoms with E-state index in [4.69, 9.17) is 9.15 Å². The number of phenolic OH excluding ortho intramolecular Hbond substituents is 1. The van der Waals surface area contributed by atoms with Crippen LogP contribution in [-0.4, -0.2) is 30.2 Å². The van der Waals surface area contributed by atoms with Crippen molar-refractivity contribution < 1.29 is 14.3 Å². The molecule has 132 valence electrons. The van der Waals surface area contributed by atoms with E-state index in [2.05, 4.69) is 20.6 Å². The normalized spacial score (nSPS) is 10.9. The maximum absolute atomic E-state index is 9.88. The van der Waals surface area contributed by atoms with E-state index in [0.29, 0.717) is 30.7 Å². The third-order valence-electron chi connectivity index (χ3n) is 3.44. The number of ether oxygens (including phenoxy) is 1. The second kappa shape index (κ2) is 9.36. The average molecular weight is 446 g/mol. The van der Waals surface area contributed by atoms with Gasteiger partial charge in [-0.3, -0.25) is 4.99 Å². The fraction of sp³-hybridized carbons (Fsp3) is 0.375. The van der Waals surface area contributed by atoms with Crippen molar-refractivity contribution in [1.29, 1.82) is 0 Å². The lowest BCUT2D eigenvalue weighted by Gasteiger charge is -2.12. The van der Waals surface area contributed by atoms with Gasteiger partial charge >= 0.3 is 0 Å². The van der Waals surface area contributed by atoms with Crippen LogP contribution in [-0.2, 0) is 13.1 Å². The molecule has 0 aliphatic heterocycles. The van der Waals surface area contributed by atoms with Crippen molar-refractivity contribution in [2.45, 2.75) is 26.9 Å². The van der Waals surface area contributed by atoms with Gasteiger partial charge in [0.15, 0.2) is 5.96 Å². The number of aromatic hydroxyl groups is 1. The summed E-state index contributed by atoms with van der Waals surface area (Å²) in [6.07, 6.45) is 0. The second-order valence-corrected chi connectivity index (χ2v) is 5.02. The molecule has 24 heavy (non-hydrogen) atoms. The summed E-state index contributed by atoms with van der Waals surface area (Å²) in [5.41, 5.74) is 1.60. The molecule has 0 fully saturated rings. The highest BCUT2D eigenvalue weighted by atomic mass is 127. The highest BCUT2D eigenvalue weighted by Crippen LogP contribution is 2.22. The molecule has 2 rings (SSSR count). The Morgan fingerprint density at radius 1 is 1.29 bits per heavy atom. The summed E-state index contributed by atoms with van der Waals surface area (Å²) < 4.78 is 10.7. The van der Waals surface area contributed by atoms with Crippen LogP contribution in [0.4, 0.5) is 0 Å². The van der Waals surface area contributed by atoms with E-state index in [-0.39, 0.29) is 29.7 Å². The molecule has 0 unspecified atom stereocenters. The van der Waals surface area contributed by atoms with Crippen LogP contribution in [0.25, 0.3) is 0 Å². The van der Waals surface area contributed by atoms with Crippen molar-refractivity contribution in [2.24, 2.45) is 4.99 Å². The van der Waals surface area contributed by atoms with Crippen LogP contribution < -0.4 is 15.4 Å². The Morgan fingerprint density at radius 3 is 2.58 bits per heavy atom. The maximum Gasteiger partial charge on any atom is 0.214 e. The molecule has 1 heterocycles. The third-order valence-corrected chi connectivity index (χ3v) is 3.44. The number of hydrogen-bond donors (Lipinski definition) is 3. The molecular formula is C16H23IN4O3. The zero-order valence-corrected chi connectivity index (χ0v) is 16.5. The van der Waals surface area contributed by atoms with Gasteiger partial charge in [0.2, 0.25) is 5.89 Å². The van der Waals surface area contributed by atoms with Gasteiger partial charge in [0.05, 0.1) is 19.3 Å². The van der Waals surface area contributed by atoms with Gasteiger partial charge in [0.1, 0.15) is 17.3 Å². The van der Waals surface area contributed by atoms with Crippen LogP contribution >= 0.6 is 24.0 Å². The second-order valence-electron chi connectivity index (χ2n) is 5.02. The van der Waals surface area contributed by atoms with E-state index in [1.165, 1.54) is 0 Å². The minimum atomic E-state index is 0. The van der Waals surface area contributed by atoms with Crippen LogP contribution in [0, 0.1) is 13.8 Å². The molecule has 0 aliphatic carbocycles. The first-order valence-corrected chi connectivity index (χ1v) is 7.26. The number of aliphatic imine (C=N–C) groups is 1. The van der Waals surface area contributed by atoms with Crippen LogP contribution in [0.2, 0.25) is 0 Å². The molecular weight excluding hydrogens is 423 g/mol. The average Bonchev–Trinajstić information content (AvgIpc) is 2.87. The first-order valence-electron chi connectivity index (χ1n) is 7.26. The molecule has 0 saturated heterocycles. The van der Waals surface area contributed by atoms with Gasteiger partial charge in [0.25, 0.3) is 0 Å². The van der Waals surface area contributed by atoms with Gasteiger partial charge in [-0.25, -0.2) is 4.98 Å². The minimum Gasteiger partial charge on any atom is -0.508 e. The lowest BCUT2D eigenvalue weighted by Crippen LogP contribution is -2.36. The molecule has 0 radical (unpaired) electrons. The van der Waals surface area contributed by atoms with Crippen molar-refractivity contribution in [1.82, 2.24) is 15.6 Å². The van der Waals surface area contributed by atoms with Crippen LogP contribution in [0.5, 0.6) is 11.5 Å². The van der Waals surface area contributed by atoms with Crippen molar-refractivity contribution in [3.05, 3.63) is 41.1 Å². The number of halogens is 1. The molecule has 3 N–H and O–H groups in total. The standard InChI is InChI=1S/C16H22N4O3.HI/c1-10-11(2)23-15(20-10)9-19-16(17-3)18-8-12-7-13(22-4)5-6-14(12)21;/h5-7,21H,8-9H2,1-4H3,(H2,17,18,19);1H. The van der Waals surface area contributed by atoms with E-state index >= 15 is 0 Å². The first kappa shape index (κ1) is 20.1. The van der Waals surface area contributed by atoms with Crippen LogP contribution in [0.15, 0.2) is 27.6 Å². The smallest absolute Gasteiger partial charge is 0.214 e.